The Morgan fingerprint density at radius 2 is 2.05 bits per heavy atom. The molecule has 2 N–H and O–H groups in total. The number of hydrogen-bond acceptors (Lipinski definition) is 5. The number of ether oxygens (including phenoxy) is 1. The predicted molar refractivity (Wildman–Crippen MR) is 77.4 cm³/mol. The Hall–Kier alpha value is -2.15. The van der Waals surface area contributed by atoms with Gasteiger partial charge < -0.3 is 15.2 Å². The highest BCUT2D eigenvalue weighted by atomic mass is 32.1. The van der Waals surface area contributed by atoms with E-state index >= 15 is 0 Å². The van der Waals surface area contributed by atoms with Crippen molar-refractivity contribution in [2.45, 2.75) is 26.2 Å². The fourth-order valence-electron chi connectivity index (χ4n) is 2.18. The van der Waals surface area contributed by atoms with Crippen molar-refractivity contribution in [3.8, 4) is 0 Å². The first-order chi connectivity index (χ1) is 10.0. The molecule has 1 aliphatic carbocycles. The van der Waals surface area contributed by atoms with Gasteiger partial charge in [0.05, 0.1) is 12.2 Å². The first kappa shape index (κ1) is 15.2. The minimum absolute atomic E-state index is 0.154. The SMILES string of the molecule is CCOC(=O)c1ccsc1NC(=O)C1=C(C(=O)O)CCC1. The zero-order valence-electron chi connectivity index (χ0n) is 11.5. The summed E-state index contributed by atoms with van der Waals surface area (Å²) in [7, 11) is 0. The topological polar surface area (TPSA) is 92.7 Å². The minimum Gasteiger partial charge on any atom is -0.478 e. The van der Waals surface area contributed by atoms with E-state index in [1.54, 1.807) is 18.4 Å². The van der Waals surface area contributed by atoms with E-state index in [0.29, 0.717) is 24.3 Å². The second kappa shape index (κ2) is 6.53. The van der Waals surface area contributed by atoms with Crippen molar-refractivity contribution in [1.29, 1.82) is 0 Å². The molecule has 0 aliphatic heterocycles. The Morgan fingerprint density at radius 3 is 2.71 bits per heavy atom. The maximum Gasteiger partial charge on any atom is 0.341 e. The standard InChI is InChI=1S/C14H15NO5S/c1-2-20-14(19)10-6-7-21-12(10)15-11(16)8-4-3-5-9(8)13(17)18/h6-7H,2-5H2,1H3,(H,15,16)(H,17,18). The molecular weight excluding hydrogens is 294 g/mol. The summed E-state index contributed by atoms with van der Waals surface area (Å²) in [6, 6.07) is 1.57. The number of amides is 1. The summed E-state index contributed by atoms with van der Waals surface area (Å²) in [5.74, 6) is -2.03. The molecule has 2 rings (SSSR count). The smallest absolute Gasteiger partial charge is 0.341 e. The molecule has 1 heterocycles. The summed E-state index contributed by atoms with van der Waals surface area (Å²) in [6.45, 7) is 1.95. The molecule has 21 heavy (non-hydrogen) atoms. The van der Waals surface area contributed by atoms with Crippen molar-refractivity contribution in [2.24, 2.45) is 0 Å². The van der Waals surface area contributed by atoms with Crippen LogP contribution in [0.4, 0.5) is 5.00 Å². The Balaban J connectivity index is 2.18. The quantitative estimate of drug-likeness (QED) is 0.815. The number of esters is 1. The molecule has 1 aliphatic rings. The maximum atomic E-state index is 12.2. The summed E-state index contributed by atoms with van der Waals surface area (Å²) in [5, 5.41) is 13.7. The van der Waals surface area contributed by atoms with E-state index in [2.05, 4.69) is 5.32 Å². The fraction of sp³-hybridized carbons (Fsp3) is 0.357. The average molecular weight is 309 g/mol. The van der Waals surface area contributed by atoms with E-state index in [1.807, 2.05) is 0 Å². The molecule has 0 spiro atoms. The van der Waals surface area contributed by atoms with E-state index in [9.17, 15) is 14.4 Å². The van der Waals surface area contributed by atoms with Crippen LogP contribution in [0.3, 0.4) is 0 Å². The number of carbonyl (C=O) groups excluding carboxylic acids is 2. The van der Waals surface area contributed by atoms with Crippen molar-refractivity contribution in [3.05, 3.63) is 28.2 Å². The van der Waals surface area contributed by atoms with Crippen molar-refractivity contribution in [1.82, 2.24) is 0 Å². The normalized spacial score (nSPS) is 14.1. The fourth-order valence-corrected chi connectivity index (χ4v) is 2.95. The van der Waals surface area contributed by atoms with Crippen LogP contribution in [0.15, 0.2) is 22.6 Å². The van der Waals surface area contributed by atoms with Gasteiger partial charge in [0.25, 0.3) is 5.91 Å². The summed E-state index contributed by atoms with van der Waals surface area (Å²) < 4.78 is 4.90. The molecule has 1 amide bonds. The number of rotatable bonds is 5. The van der Waals surface area contributed by atoms with Crippen LogP contribution >= 0.6 is 11.3 Å². The third kappa shape index (κ3) is 3.30. The van der Waals surface area contributed by atoms with Gasteiger partial charge in [-0.25, -0.2) is 9.59 Å². The van der Waals surface area contributed by atoms with Gasteiger partial charge >= 0.3 is 11.9 Å². The molecule has 0 atom stereocenters. The van der Waals surface area contributed by atoms with Crippen LogP contribution < -0.4 is 5.32 Å². The van der Waals surface area contributed by atoms with E-state index in [4.69, 9.17) is 9.84 Å². The van der Waals surface area contributed by atoms with Gasteiger partial charge in [-0.2, -0.15) is 0 Å². The van der Waals surface area contributed by atoms with Crippen molar-refractivity contribution in [2.75, 3.05) is 11.9 Å². The lowest BCUT2D eigenvalue weighted by atomic mass is 10.1. The van der Waals surface area contributed by atoms with E-state index in [-0.39, 0.29) is 23.3 Å². The molecule has 112 valence electrons. The largest absolute Gasteiger partial charge is 0.478 e. The molecule has 0 aromatic carbocycles. The highest BCUT2D eigenvalue weighted by molar-refractivity contribution is 7.14. The Kier molecular flexibility index (Phi) is 4.74. The Morgan fingerprint density at radius 1 is 1.33 bits per heavy atom. The number of carboxylic acid groups (broad SMARTS) is 1. The second-order valence-electron chi connectivity index (χ2n) is 4.45. The number of hydrogen-bond donors (Lipinski definition) is 2. The van der Waals surface area contributed by atoms with Crippen LogP contribution in [0.2, 0.25) is 0 Å². The Bertz CT molecular complexity index is 617. The number of thiophene rings is 1. The molecule has 0 saturated carbocycles. The average Bonchev–Trinajstić information content (AvgIpc) is 3.07. The van der Waals surface area contributed by atoms with Crippen LogP contribution in [0.25, 0.3) is 0 Å². The summed E-state index contributed by atoms with van der Waals surface area (Å²) in [4.78, 5) is 35.0. The lowest BCUT2D eigenvalue weighted by molar-refractivity contribution is -0.133. The van der Waals surface area contributed by atoms with Gasteiger partial charge in [0.15, 0.2) is 0 Å². The molecule has 0 saturated heterocycles. The number of anilines is 1. The van der Waals surface area contributed by atoms with Gasteiger partial charge in [-0.1, -0.05) is 0 Å². The molecule has 1 aromatic rings. The maximum absolute atomic E-state index is 12.2. The van der Waals surface area contributed by atoms with Crippen LogP contribution in [0.5, 0.6) is 0 Å². The first-order valence-corrected chi connectivity index (χ1v) is 7.43. The Labute approximate surface area is 125 Å². The van der Waals surface area contributed by atoms with Gasteiger partial charge in [-0.3, -0.25) is 4.79 Å². The van der Waals surface area contributed by atoms with Crippen molar-refractivity contribution >= 4 is 34.2 Å². The summed E-state index contributed by atoms with van der Waals surface area (Å²) in [5.41, 5.74) is 0.720. The molecule has 0 fully saturated rings. The molecule has 1 aromatic heterocycles. The zero-order valence-corrected chi connectivity index (χ0v) is 12.3. The van der Waals surface area contributed by atoms with Crippen molar-refractivity contribution in [3.63, 3.8) is 0 Å². The monoisotopic (exact) mass is 309 g/mol. The van der Waals surface area contributed by atoms with Crippen LogP contribution in [-0.4, -0.2) is 29.6 Å². The van der Waals surface area contributed by atoms with Gasteiger partial charge in [0, 0.05) is 11.1 Å². The first-order valence-electron chi connectivity index (χ1n) is 6.55. The van der Waals surface area contributed by atoms with Crippen LogP contribution in [0, 0.1) is 0 Å². The molecular formula is C14H15NO5S. The number of aliphatic carboxylic acids is 1. The predicted octanol–water partition coefficient (Wildman–Crippen LogP) is 2.43. The highest BCUT2D eigenvalue weighted by Crippen LogP contribution is 2.29. The van der Waals surface area contributed by atoms with E-state index in [0.717, 1.165) is 0 Å². The third-order valence-corrected chi connectivity index (χ3v) is 3.97. The van der Waals surface area contributed by atoms with Gasteiger partial charge in [0.1, 0.15) is 5.00 Å². The van der Waals surface area contributed by atoms with Crippen LogP contribution in [-0.2, 0) is 14.3 Å². The molecule has 6 nitrogen and oxygen atoms in total. The van der Waals surface area contributed by atoms with Gasteiger partial charge in [-0.15, -0.1) is 11.3 Å². The summed E-state index contributed by atoms with van der Waals surface area (Å²) >= 11 is 1.20. The highest BCUT2D eigenvalue weighted by Gasteiger charge is 2.26. The molecule has 7 heteroatoms. The van der Waals surface area contributed by atoms with E-state index in [1.165, 1.54) is 11.3 Å². The lowest BCUT2D eigenvalue weighted by Gasteiger charge is -2.07. The van der Waals surface area contributed by atoms with Gasteiger partial charge in [0.2, 0.25) is 0 Å². The third-order valence-electron chi connectivity index (χ3n) is 3.14. The number of carboxylic acids is 1. The van der Waals surface area contributed by atoms with Crippen LogP contribution in [0.1, 0.15) is 36.5 Å². The molecule has 0 radical (unpaired) electrons. The second-order valence-corrected chi connectivity index (χ2v) is 5.37. The minimum atomic E-state index is -1.06. The number of carbonyl (C=O) groups is 3. The zero-order chi connectivity index (χ0) is 15.4. The molecule has 0 unspecified atom stereocenters. The molecule has 0 bridgehead atoms. The van der Waals surface area contributed by atoms with Crippen molar-refractivity contribution < 1.29 is 24.2 Å². The summed E-state index contributed by atoms with van der Waals surface area (Å²) in [6.07, 6.45) is 1.49. The number of nitrogens with one attached hydrogen (secondary N) is 1. The van der Waals surface area contributed by atoms with E-state index < -0.39 is 17.8 Å². The van der Waals surface area contributed by atoms with Gasteiger partial charge in [-0.05, 0) is 37.6 Å². The lowest BCUT2D eigenvalue weighted by Crippen LogP contribution is -2.17.